The van der Waals surface area contributed by atoms with Gasteiger partial charge in [-0.15, -0.1) is 0 Å². The molecular formula is C29H32N2O4. The number of ether oxygens (including phenoxy) is 1. The molecule has 6 heteroatoms. The highest BCUT2D eigenvalue weighted by Crippen LogP contribution is 2.48. The van der Waals surface area contributed by atoms with E-state index in [0.717, 1.165) is 35.9 Å². The fraction of sp³-hybridized carbons (Fsp3) is 0.448. The summed E-state index contributed by atoms with van der Waals surface area (Å²) >= 11 is 0. The van der Waals surface area contributed by atoms with Gasteiger partial charge in [-0.1, -0.05) is 49.6 Å². The Morgan fingerprint density at radius 1 is 0.943 bits per heavy atom. The van der Waals surface area contributed by atoms with E-state index >= 15 is 0 Å². The van der Waals surface area contributed by atoms with Crippen LogP contribution in [0.3, 0.4) is 0 Å². The number of rotatable bonds is 3. The molecule has 2 aromatic carbocycles. The number of hydrogen-bond donors (Lipinski definition) is 1. The van der Waals surface area contributed by atoms with Crippen molar-refractivity contribution < 1.29 is 19.4 Å². The summed E-state index contributed by atoms with van der Waals surface area (Å²) in [7, 11) is 0. The minimum absolute atomic E-state index is 0.121. The first-order valence-corrected chi connectivity index (χ1v) is 13.0. The van der Waals surface area contributed by atoms with E-state index in [4.69, 9.17) is 4.74 Å². The Hall–Kier alpha value is -3.12. The summed E-state index contributed by atoms with van der Waals surface area (Å²) in [4.78, 5) is 27.9. The van der Waals surface area contributed by atoms with Crippen LogP contribution in [0.25, 0.3) is 22.2 Å². The third kappa shape index (κ3) is 3.84. The van der Waals surface area contributed by atoms with Gasteiger partial charge >= 0.3 is 5.97 Å². The Morgan fingerprint density at radius 3 is 2.49 bits per heavy atom. The molecule has 2 aliphatic heterocycles. The molecule has 1 saturated carbocycles. The first-order chi connectivity index (χ1) is 17.1. The van der Waals surface area contributed by atoms with Crippen molar-refractivity contribution in [3.63, 3.8) is 0 Å². The highest BCUT2D eigenvalue weighted by atomic mass is 16.5. The molecule has 3 aromatic rings. The molecule has 1 atom stereocenters. The van der Waals surface area contributed by atoms with Crippen LogP contribution in [-0.4, -0.2) is 52.8 Å². The molecule has 1 unspecified atom stereocenters. The molecule has 6 nitrogen and oxygen atoms in total. The molecule has 2 fully saturated rings. The van der Waals surface area contributed by atoms with Crippen molar-refractivity contribution >= 4 is 22.8 Å². The van der Waals surface area contributed by atoms with E-state index < -0.39 is 5.97 Å². The Labute approximate surface area is 205 Å². The monoisotopic (exact) mass is 472 g/mol. The molecular weight excluding hydrogens is 440 g/mol. The predicted molar refractivity (Wildman–Crippen MR) is 135 cm³/mol. The normalized spacial score (nSPS) is 20.8. The number of fused-ring (bicyclic) bond motifs is 5. The van der Waals surface area contributed by atoms with Crippen LogP contribution >= 0.6 is 0 Å². The van der Waals surface area contributed by atoms with Crippen molar-refractivity contribution in [3.05, 3.63) is 59.2 Å². The number of aromatic nitrogens is 1. The fourth-order valence-corrected chi connectivity index (χ4v) is 6.49. The van der Waals surface area contributed by atoms with Gasteiger partial charge in [0.25, 0.3) is 0 Å². The van der Waals surface area contributed by atoms with E-state index in [0.29, 0.717) is 38.6 Å². The molecule has 1 aromatic heterocycles. The van der Waals surface area contributed by atoms with Crippen LogP contribution in [0.15, 0.2) is 42.5 Å². The minimum atomic E-state index is -0.938. The smallest absolute Gasteiger partial charge is 0.335 e. The van der Waals surface area contributed by atoms with E-state index in [9.17, 15) is 14.7 Å². The van der Waals surface area contributed by atoms with E-state index in [1.54, 1.807) is 12.1 Å². The number of benzene rings is 2. The van der Waals surface area contributed by atoms with Crippen LogP contribution in [0.2, 0.25) is 0 Å². The second-order valence-corrected chi connectivity index (χ2v) is 10.2. The zero-order chi connectivity index (χ0) is 23.9. The van der Waals surface area contributed by atoms with Crippen LogP contribution in [-0.2, 0) is 16.0 Å². The van der Waals surface area contributed by atoms with Crippen molar-refractivity contribution in [2.24, 2.45) is 0 Å². The largest absolute Gasteiger partial charge is 0.478 e. The molecule has 3 aliphatic rings. The second-order valence-electron chi connectivity index (χ2n) is 10.2. The average molecular weight is 473 g/mol. The lowest BCUT2D eigenvalue weighted by atomic mass is 9.81. The summed E-state index contributed by atoms with van der Waals surface area (Å²) in [5.41, 5.74) is 6.05. The number of aromatic carboxylic acids is 1. The van der Waals surface area contributed by atoms with Gasteiger partial charge in [0.2, 0.25) is 5.91 Å². The Balaban J connectivity index is 1.63. The van der Waals surface area contributed by atoms with Gasteiger partial charge in [-0.05, 0) is 54.9 Å². The summed E-state index contributed by atoms with van der Waals surface area (Å²) in [5.74, 6) is -0.398. The number of aryl methyl sites for hydroxylation is 1. The van der Waals surface area contributed by atoms with Gasteiger partial charge in [-0.2, -0.15) is 0 Å². The molecule has 0 radical (unpaired) electrons. The number of hydrogen-bond acceptors (Lipinski definition) is 3. The third-order valence-corrected chi connectivity index (χ3v) is 8.18. The standard InChI is InChI=1S/C29H32N2O4/c32-28(30-14-16-35-17-15-30)24-13-11-19-6-4-5-9-22(19)27-26(20-7-2-1-3-8-20)23-12-10-21(29(33)34)18-25(23)31(24)27/h4-6,9-10,12,18,20,24H,1-3,7-8,11,13-17H2,(H,33,34). The number of carboxylic acids is 1. The molecule has 0 bridgehead atoms. The maximum atomic E-state index is 14.0. The maximum Gasteiger partial charge on any atom is 0.335 e. The zero-order valence-electron chi connectivity index (χ0n) is 20.0. The minimum Gasteiger partial charge on any atom is -0.478 e. The first kappa shape index (κ1) is 22.4. The number of nitrogens with zero attached hydrogens (tertiary/aromatic N) is 2. The Kier molecular flexibility index (Phi) is 5.85. The van der Waals surface area contributed by atoms with Crippen molar-refractivity contribution in [1.29, 1.82) is 0 Å². The van der Waals surface area contributed by atoms with Gasteiger partial charge in [-0.3, -0.25) is 4.79 Å². The quantitative estimate of drug-likeness (QED) is 0.554. The summed E-state index contributed by atoms with van der Waals surface area (Å²) in [6, 6.07) is 13.7. The molecule has 0 spiro atoms. The van der Waals surface area contributed by atoms with Crippen molar-refractivity contribution in [1.82, 2.24) is 9.47 Å². The average Bonchev–Trinajstić information content (AvgIpc) is 3.14. The lowest BCUT2D eigenvalue weighted by molar-refractivity contribution is -0.138. The molecule has 1 N–H and O–H groups in total. The van der Waals surface area contributed by atoms with Crippen molar-refractivity contribution in [2.45, 2.75) is 56.9 Å². The van der Waals surface area contributed by atoms with Gasteiger partial charge in [0, 0.05) is 24.0 Å². The summed E-state index contributed by atoms with van der Waals surface area (Å²) < 4.78 is 7.73. The van der Waals surface area contributed by atoms with Crippen LogP contribution < -0.4 is 0 Å². The fourth-order valence-electron chi connectivity index (χ4n) is 6.49. The van der Waals surface area contributed by atoms with Crippen LogP contribution in [0.1, 0.15) is 72.0 Å². The highest BCUT2D eigenvalue weighted by Gasteiger charge is 2.36. The van der Waals surface area contributed by atoms with Gasteiger partial charge in [-0.25, -0.2) is 4.79 Å². The molecule has 3 heterocycles. The molecule has 1 aliphatic carbocycles. The number of carbonyl (C=O) groups excluding carboxylic acids is 1. The topological polar surface area (TPSA) is 71.8 Å². The zero-order valence-corrected chi connectivity index (χ0v) is 20.0. The van der Waals surface area contributed by atoms with Crippen molar-refractivity contribution in [3.8, 4) is 11.3 Å². The van der Waals surface area contributed by atoms with E-state index in [1.807, 2.05) is 11.0 Å². The summed E-state index contributed by atoms with van der Waals surface area (Å²) in [6.07, 6.45) is 7.48. The van der Waals surface area contributed by atoms with Gasteiger partial charge < -0.3 is 19.3 Å². The Morgan fingerprint density at radius 2 is 1.71 bits per heavy atom. The van der Waals surface area contributed by atoms with Gasteiger partial charge in [0.05, 0.1) is 30.0 Å². The number of carboxylic acid groups (broad SMARTS) is 1. The molecule has 182 valence electrons. The molecule has 6 rings (SSSR count). The molecule has 35 heavy (non-hydrogen) atoms. The van der Waals surface area contributed by atoms with E-state index in [-0.39, 0.29) is 17.5 Å². The predicted octanol–water partition coefficient (Wildman–Crippen LogP) is 5.40. The molecule has 1 amide bonds. The van der Waals surface area contributed by atoms with E-state index in [1.165, 1.54) is 36.0 Å². The van der Waals surface area contributed by atoms with Crippen LogP contribution in [0.5, 0.6) is 0 Å². The van der Waals surface area contributed by atoms with Gasteiger partial charge in [0.15, 0.2) is 0 Å². The lowest BCUT2D eigenvalue weighted by Gasteiger charge is -2.31. The summed E-state index contributed by atoms with van der Waals surface area (Å²) in [6.45, 7) is 2.34. The summed E-state index contributed by atoms with van der Waals surface area (Å²) in [5, 5.41) is 10.9. The second kappa shape index (κ2) is 9.15. The lowest BCUT2D eigenvalue weighted by Crippen LogP contribution is -2.44. The van der Waals surface area contributed by atoms with Crippen molar-refractivity contribution in [2.75, 3.05) is 26.3 Å². The SMILES string of the molecule is O=C(O)c1ccc2c(C3CCCCC3)c3n(c2c1)C(C(=O)N1CCOCC1)CCc1ccccc1-3. The highest BCUT2D eigenvalue weighted by molar-refractivity contribution is 6.00. The number of amides is 1. The maximum absolute atomic E-state index is 14.0. The third-order valence-electron chi connectivity index (χ3n) is 8.18. The number of carbonyl (C=O) groups is 2. The van der Waals surface area contributed by atoms with Crippen LogP contribution in [0, 0.1) is 0 Å². The number of morpholine rings is 1. The molecule has 1 saturated heterocycles. The Bertz CT molecular complexity index is 1280. The van der Waals surface area contributed by atoms with E-state index in [2.05, 4.69) is 28.8 Å². The van der Waals surface area contributed by atoms with Gasteiger partial charge in [0.1, 0.15) is 6.04 Å². The van der Waals surface area contributed by atoms with Crippen LogP contribution in [0.4, 0.5) is 0 Å². The first-order valence-electron chi connectivity index (χ1n) is 13.0.